The molecule has 20 heavy (non-hydrogen) atoms. The van der Waals surface area contributed by atoms with Crippen LogP contribution >= 0.6 is 0 Å². The lowest BCUT2D eigenvalue weighted by atomic mass is 10.1. The summed E-state index contributed by atoms with van der Waals surface area (Å²) < 4.78 is 5.22. The fraction of sp³-hybridized carbons (Fsp3) is 0.176. The molecule has 0 saturated carbocycles. The normalized spacial score (nSPS) is 10.9. The molecule has 0 atom stereocenters. The lowest BCUT2D eigenvalue weighted by Gasteiger charge is -2.06. The topological polar surface area (TPSA) is 39.2 Å². The Balaban J connectivity index is 2.02. The molecule has 0 fully saturated rings. The van der Waals surface area contributed by atoms with E-state index in [0.717, 1.165) is 11.1 Å². The molecule has 1 heterocycles. The lowest BCUT2D eigenvalue weighted by molar-refractivity contribution is -0.137. The maximum atomic E-state index is 11.5. The van der Waals surface area contributed by atoms with E-state index in [0.29, 0.717) is 5.75 Å². The van der Waals surface area contributed by atoms with Gasteiger partial charge in [0.15, 0.2) is 0 Å². The number of rotatable bonds is 4. The third-order valence-electron chi connectivity index (χ3n) is 2.74. The molecule has 3 nitrogen and oxygen atoms in total. The Hall–Kier alpha value is -2.42. The highest BCUT2D eigenvalue weighted by Crippen LogP contribution is 2.15. The molecule has 0 amide bonds. The molecule has 0 aliphatic heterocycles. The molecule has 0 unspecified atom stereocenters. The lowest BCUT2D eigenvalue weighted by Crippen LogP contribution is -2.14. The fourth-order valence-corrected chi connectivity index (χ4v) is 1.55. The van der Waals surface area contributed by atoms with Gasteiger partial charge in [-0.3, -0.25) is 9.78 Å². The Morgan fingerprint density at radius 2 is 1.55 bits per heavy atom. The first-order valence-corrected chi connectivity index (χ1v) is 6.55. The number of benzene rings is 1. The van der Waals surface area contributed by atoms with Crippen molar-refractivity contribution >= 4 is 18.1 Å². The summed E-state index contributed by atoms with van der Waals surface area (Å²) in [6.07, 6.45) is 7.53. The van der Waals surface area contributed by atoms with Crippen LogP contribution in [0.4, 0.5) is 0 Å². The van der Waals surface area contributed by atoms with E-state index in [1.165, 1.54) is 0 Å². The highest BCUT2D eigenvalue weighted by Gasteiger charge is 2.08. The van der Waals surface area contributed by atoms with Crippen LogP contribution in [0, 0.1) is 5.92 Å². The first-order valence-electron chi connectivity index (χ1n) is 6.55. The third kappa shape index (κ3) is 4.05. The second-order valence-corrected chi connectivity index (χ2v) is 4.76. The zero-order valence-corrected chi connectivity index (χ0v) is 11.6. The second-order valence-electron chi connectivity index (χ2n) is 4.76. The Morgan fingerprint density at radius 1 is 1.00 bits per heavy atom. The van der Waals surface area contributed by atoms with E-state index in [1.807, 2.05) is 50.3 Å². The Kier molecular flexibility index (Phi) is 4.66. The zero-order valence-electron chi connectivity index (χ0n) is 11.6. The van der Waals surface area contributed by atoms with Crippen molar-refractivity contribution < 1.29 is 9.53 Å². The van der Waals surface area contributed by atoms with Gasteiger partial charge in [0, 0.05) is 12.4 Å². The monoisotopic (exact) mass is 267 g/mol. The van der Waals surface area contributed by atoms with Crippen molar-refractivity contribution in [2.75, 3.05) is 0 Å². The molecule has 2 rings (SSSR count). The van der Waals surface area contributed by atoms with Crippen LogP contribution < -0.4 is 4.74 Å². The molecule has 0 aliphatic carbocycles. The van der Waals surface area contributed by atoms with E-state index in [1.54, 1.807) is 24.5 Å². The number of esters is 1. The molecule has 1 aromatic heterocycles. The van der Waals surface area contributed by atoms with Crippen molar-refractivity contribution in [2.24, 2.45) is 5.92 Å². The van der Waals surface area contributed by atoms with E-state index < -0.39 is 0 Å². The number of carbonyl (C=O) groups excluding carboxylic acids is 1. The highest BCUT2D eigenvalue weighted by molar-refractivity contribution is 5.74. The van der Waals surface area contributed by atoms with Gasteiger partial charge in [0.1, 0.15) is 5.75 Å². The van der Waals surface area contributed by atoms with Crippen LogP contribution in [0.25, 0.3) is 12.2 Å². The van der Waals surface area contributed by atoms with Gasteiger partial charge in [0.25, 0.3) is 0 Å². The van der Waals surface area contributed by atoms with Gasteiger partial charge >= 0.3 is 5.97 Å². The van der Waals surface area contributed by atoms with E-state index in [-0.39, 0.29) is 11.9 Å². The summed E-state index contributed by atoms with van der Waals surface area (Å²) in [5, 5.41) is 0. The molecular formula is C17H17NO2. The molecule has 0 radical (unpaired) electrons. The summed E-state index contributed by atoms with van der Waals surface area (Å²) >= 11 is 0. The van der Waals surface area contributed by atoms with E-state index >= 15 is 0 Å². The first kappa shape index (κ1) is 14.0. The summed E-state index contributed by atoms with van der Waals surface area (Å²) in [6.45, 7) is 3.63. The minimum Gasteiger partial charge on any atom is -0.426 e. The van der Waals surface area contributed by atoms with Crippen LogP contribution in [0.5, 0.6) is 5.75 Å². The van der Waals surface area contributed by atoms with Crippen molar-refractivity contribution in [2.45, 2.75) is 13.8 Å². The quantitative estimate of drug-likeness (QED) is 0.624. The second kappa shape index (κ2) is 6.66. The third-order valence-corrected chi connectivity index (χ3v) is 2.74. The van der Waals surface area contributed by atoms with Crippen molar-refractivity contribution in [1.82, 2.24) is 4.98 Å². The number of carbonyl (C=O) groups is 1. The van der Waals surface area contributed by atoms with E-state index in [4.69, 9.17) is 4.74 Å². The standard InChI is InChI=1S/C17H17NO2/c1-13(2)17(19)20-16-7-5-14(6-8-16)3-4-15-9-11-18-12-10-15/h3-13H,1-2H3/b4-3+. The number of hydrogen-bond donors (Lipinski definition) is 0. The molecular weight excluding hydrogens is 250 g/mol. The number of pyridine rings is 1. The summed E-state index contributed by atoms with van der Waals surface area (Å²) in [6, 6.07) is 11.3. The molecule has 3 heteroatoms. The first-order chi connectivity index (χ1) is 9.65. The minimum atomic E-state index is -0.218. The maximum Gasteiger partial charge on any atom is 0.313 e. The molecule has 0 aliphatic rings. The Labute approximate surface area is 118 Å². The molecule has 0 spiro atoms. The van der Waals surface area contributed by atoms with Gasteiger partial charge in [-0.25, -0.2) is 0 Å². The summed E-state index contributed by atoms with van der Waals surface area (Å²) in [4.78, 5) is 15.4. The largest absolute Gasteiger partial charge is 0.426 e. The van der Waals surface area contributed by atoms with Gasteiger partial charge in [-0.2, -0.15) is 0 Å². The Bertz CT molecular complexity index is 586. The summed E-state index contributed by atoms with van der Waals surface area (Å²) in [5.41, 5.74) is 2.14. The highest BCUT2D eigenvalue weighted by atomic mass is 16.5. The van der Waals surface area contributed by atoms with Crippen LogP contribution in [0.15, 0.2) is 48.8 Å². The predicted molar refractivity (Wildman–Crippen MR) is 80.1 cm³/mol. The van der Waals surface area contributed by atoms with Gasteiger partial charge < -0.3 is 4.74 Å². The average Bonchev–Trinajstić information content (AvgIpc) is 2.47. The van der Waals surface area contributed by atoms with Gasteiger partial charge in [-0.1, -0.05) is 38.1 Å². The molecule has 1 aromatic carbocycles. The molecule has 2 aromatic rings. The molecule has 0 bridgehead atoms. The van der Waals surface area contributed by atoms with Crippen molar-refractivity contribution in [3.05, 3.63) is 59.9 Å². The van der Waals surface area contributed by atoms with Crippen LogP contribution in [0.1, 0.15) is 25.0 Å². The molecule has 102 valence electrons. The van der Waals surface area contributed by atoms with Crippen LogP contribution in [0.3, 0.4) is 0 Å². The van der Waals surface area contributed by atoms with Gasteiger partial charge in [0.05, 0.1) is 5.92 Å². The number of aromatic nitrogens is 1. The molecule has 0 N–H and O–H groups in total. The van der Waals surface area contributed by atoms with Gasteiger partial charge in [-0.15, -0.1) is 0 Å². The molecule has 0 saturated heterocycles. The maximum absolute atomic E-state index is 11.5. The van der Waals surface area contributed by atoms with Crippen LogP contribution in [0.2, 0.25) is 0 Å². The Morgan fingerprint density at radius 3 is 2.10 bits per heavy atom. The summed E-state index contributed by atoms with van der Waals surface area (Å²) in [7, 11) is 0. The van der Waals surface area contributed by atoms with E-state index in [9.17, 15) is 4.79 Å². The van der Waals surface area contributed by atoms with Crippen molar-refractivity contribution in [1.29, 1.82) is 0 Å². The van der Waals surface area contributed by atoms with Crippen molar-refractivity contribution in [3.8, 4) is 5.75 Å². The summed E-state index contributed by atoms with van der Waals surface area (Å²) in [5.74, 6) is 0.233. The van der Waals surface area contributed by atoms with Gasteiger partial charge in [-0.05, 0) is 35.4 Å². The number of nitrogens with zero attached hydrogens (tertiary/aromatic N) is 1. The zero-order chi connectivity index (χ0) is 14.4. The van der Waals surface area contributed by atoms with E-state index in [2.05, 4.69) is 4.98 Å². The average molecular weight is 267 g/mol. The van der Waals surface area contributed by atoms with Gasteiger partial charge in [0.2, 0.25) is 0 Å². The number of hydrogen-bond acceptors (Lipinski definition) is 3. The smallest absolute Gasteiger partial charge is 0.313 e. The SMILES string of the molecule is CC(C)C(=O)Oc1ccc(/C=C/c2ccncc2)cc1. The minimum absolute atomic E-state index is 0.124. The van der Waals surface area contributed by atoms with Crippen LogP contribution in [-0.2, 0) is 4.79 Å². The fourth-order valence-electron chi connectivity index (χ4n) is 1.55. The van der Waals surface area contributed by atoms with Crippen molar-refractivity contribution in [3.63, 3.8) is 0 Å². The predicted octanol–water partition coefficient (Wildman–Crippen LogP) is 3.81. The number of ether oxygens (including phenoxy) is 1. The van der Waals surface area contributed by atoms with Crippen LogP contribution in [-0.4, -0.2) is 11.0 Å².